The number of ether oxygens (including phenoxy) is 3. The van der Waals surface area contributed by atoms with Gasteiger partial charge in [0.05, 0.1) is 12.5 Å². The molecule has 0 aliphatic carbocycles. The number of nitrogens with zero attached hydrogens (tertiary/aromatic N) is 1. The van der Waals surface area contributed by atoms with Crippen LogP contribution in [0.15, 0.2) is 72.8 Å². The third kappa shape index (κ3) is 9.55. The molecule has 3 rings (SSSR count). The van der Waals surface area contributed by atoms with Crippen LogP contribution < -0.4 is 4.74 Å². The van der Waals surface area contributed by atoms with Crippen LogP contribution in [0.5, 0.6) is 5.75 Å². The molecule has 3 aromatic carbocycles. The summed E-state index contributed by atoms with van der Waals surface area (Å²) in [4.78, 5) is 28.2. The van der Waals surface area contributed by atoms with Crippen molar-refractivity contribution in [3.8, 4) is 5.75 Å². The molecule has 1 atom stereocenters. The topological polar surface area (TPSA) is 99.2 Å². The lowest BCUT2D eigenvalue weighted by molar-refractivity contribution is -0.154. The quantitative estimate of drug-likeness (QED) is 0.103. The maximum atomic E-state index is 15.0. The van der Waals surface area contributed by atoms with E-state index in [9.17, 15) is 18.0 Å². The number of rotatable bonds is 13. The van der Waals surface area contributed by atoms with E-state index in [1.165, 1.54) is 11.4 Å². The number of benzene rings is 3. The van der Waals surface area contributed by atoms with Crippen LogP contribution in [0.2, 0.25) is 0 Å². The van der Waals surface area contributed by atoms with Gasteiger partial charge in [-0.3, -0.25) is 9.59 Å². The normalized spacial score (nSPS) is 13.4. The average molecular weight is 680 g/mol. The second kappa shape index (κ2) is 15.3. The van der Waals surface area contributed by atoms with Crippen LogP contribution in [0.1, 0.15) is 114 Å². The van der Waals surface area contributed by atoms with Crippen LogP contribution in [0.4, 0.5) is 0 Å². The maximum Gasteiger partial charge on any atom is 0.308 e. The van der Waals surface area contributed by atoms with E-state index in [1.807, 2.05) is 102 Å². The summed E-state index contributed by atoms with van der Waals surface area (Å²) < 4.78 is 48.3. The van der Waals surface area contributed by atoms with Crippen LogP contribution in [0.25, 0.3) is 0 Å². The molecule has 0 saturated heterocycles. The Bertz CT molecular complexity index is 1570. The number of sulfonamides is 1. The number of carbonyl (C=O) groups is 2. The van der Waals surface area contributed by atoms with E-state index < -0.39 is 55.9 Å². The van der Waals surface area contributed by atoms with Crippen LogP contribution >= 0.6 is 0 Å². The van der Waals surface area contributed by atoms with E-state index in [0.717, 1.165) is 22.3 Å². The summed E-state index contributed by atoms with van der Waals surface area (Å²) in [6.07, 6.45) is -0.650. The first kappa shape index (κ1) is 38.9. The standard InChI is InChI=1S/C39H53NO7S/c1-12-40(34(27-19-15-13-16-20-27)28-21-17-14-18-22-28)48(43,44)32(25-33(41)47-39(8,9)10)35(42)29-23-30(37(2,3)4)36(46-26-45-11)31(24-29)38(5,6)7/h13-24,32,34H,12,25-26H2,1-11H3. The molecule has 48 heavy (non-hydrogen) atoms. The van der Waals surface area contributed by atoms with Crippen molar-refractivity contribution >= 4 is 21.8 Å². The smallest absolute Gasteiger partial charge is 0.308 e. The van der Waals surface area contributed by atoms with Gasteiger partial charge in [-0.2, -0.15) is 4.31 Å². The average Bonchev–Trinajstić information content (AvgIpc) is 2.99. The maximum absolute atomic E-state index is 15.0. The first-order valence-electron chi connectivity index (χ1n) is 16.4. The van der Waals surface area contributed by atoms with Gasteiger partial charge in [0, 0.05) is 30.3 Å². The fourth-order valence-electron chi connectivity index (χ4n) is 5.68. The summed E-state index contributed by atoms with van der Waals surface area (Å²) in [5, 5.41) is -1.76. The van der Waals surface area contributed by atoms with Gasteiger partial charge in [-0.1, -0.05) is 109 Å². The molecule has 0 heterocycles. The van der Waals surface area contributed by atoms with Gasteiger partial charge in [0.2, 0.25) is 10.0 Å². The molecular formula is C39H53NO7S. The minimum atomic E-state index is -4.50. The summed E-state index contributed by atoms with van der Waals surface area (Å²) >= 11 is 0. The molecule has 262 valence electrons. The zero-order chi connectivity index (χ0) is 36.1. The summed E-state index contributed by atoms with van der Waals surface area (Å²) in [6, 6.07) is 21.3. The van der Waals surface area contributed by atoms with Crippen LogP contribution in [-0.2, 0) is 35.1 Å². The molecule has 0 fully saturated rings. The van der Waals surface area contributed by atoms with Crippen molar-refractivity contribution in [1.29, 1.82) is 0 Å². The third-order valence-electron chi connectivity index (χ3n) is 7.89. The molecular weight excluding hydrogens is 626 g/mol. The van der Waals surface area contributed by atoms with Crippen molar-refractivity contribution in [2.24, 2.45) is 0 Å². The Kier molecular flexibility index (Phi) is 12.4. The molecule has 0 N–H and O–H groups in total. The van der Waals surface area contributed by atoms with Crippen molar-refractivity contribution in [3.05, 3.63) is 101 Å². The predicted molar refractivity (Wildman–Crippen MR) is 191 cm³/mol. The Hall–Kier alpha value is -3.53. The summed E-state index contributed by atoms with van der Waals surface area (Å²) in [5.41, 5.74) is 1.25. The Morgan fingerprint density at radius 1 is 0.771 bits per heavy atom. The summed E-state index contributed by atoms with van der Waals surface area (Å²) in [5.74, 6) is -0.875. The first-order valence-corrected chi connectivity index (χ1v) is 17.9. The number of hydrogen-bond acceptors (Lipinski definition) is 7. The number of carbonyl (C=O) groups excluding carboxylic acids is 2. The largest absolute Gasteiger partial charge is 0.467 e. The summed E-state index contributed by atoms with van der Waals surface area (Å²) in [7, 11) is -2.96. The highest BCUT2D eigenvalue weighted by Crippen LogP contribution is 2.42. The third-order valence-corrected chi connectivity index (χ3v) is 10.1. The van der Waals surface area contributed by atoms with Gasteiger partial charge >= 0.3 is 5.97 Å². The zero-order valence-electron chi connectivity index (χ0n) is 30.4. The molecule has 0 bridgehead atoms. The zero-order valence-corrected chi connectivity index (χ0v) is 31.2. The molecule has 8 nitrogen and oxygen atoms in total. The Morgan fingerprint density at radius 2 is 1.23 bits per heavy atom. The molecule has 0 aliphatic rings. The fraction of sp³-hybridized carbons (Fsp3) is 0.487. The van der Waals surface area contributed by atoms with Crippen molar-refractivity contribution in [2.45, 2.75) is 103 Å². The second-order valence-corrected chi connectivity index (χ2v) is 17.1. The van der Waals surface area contributed by atoms with Gasteiger partial charge in [-0.25, -0.2) is 8.42 Å². The highest BCUT2D eigenvalue weighted by molar-refractivity contribution is 7.90. The lowest BCUT2D eigenvalue weighted by Crippen LogP contribution is -2.46. The number of hydrogen-bond donors (Lipinski definition) is 0. The van der Waals surface area contributed by atoms with Crippen LogP contribution in [0, 0.1) is 0 Å². The van der Waals surface area contributed by atoms with Crippen molar-refractivity contribution < 1.29 is 32.2 Å². The fourth-order valence-corrected chi connectivity index (χ4v) is 7.66. The number of Topliss-reactive ketones (excluding diaryl/α,β-unsaturated/α-hetero) is 1. The van der Waals surface area contributed by atoms with E-state index >= 15 is 0 Å². The van der Waals surface area contributed by atoms with E-state index in [-0.39, 0.29) is 18.9 Å². The van der Waals surface area contributed by atoms with E-state index in [2.05, 4.69) is 0 Å². The second-order valence-electron chi connectivity index (χ2n) is 15.1. The lowest BCUT2D eigenvalue weighted by atomic mass is 9.77. The predicted octanol–water partition coefficient (Wildman–Crippen LogP) is 7.99. The lowest BCUT2D eigenvalue weighted by Gasteiger charge is -2.34. The van der Waals surface area contributed by atoms with Crippen molar-refractivity contribution in [1.82, 2.24) is 4.31 Å². The van der Waals surface area contributed by atoms with Gasteiger partial charge in [0.15, 0.2) is 12.6 Å². The molecule has 0 amide bonds. The van der Waals surface area contributed by atoms with E-state index in [1.54, 1.807) is 39.8 Å². The molecule has 0 aliphatic heterocycles. The molecule has 1 unspecified atom stereocenters. The van der Waals surface area contributed by atoms with Crippen LogP contribution in [0.3, 0.4) is 0 Å². The SMILES string of the molecule is CCN(C(c1ccccc1)c1ccccc1)S(=O)(=O)C(CC(=O)OC(C)(C)C)C(=O)c1cc(C(C)(C)C)c(OCOC)c(C(C)(C)C)c1. The minimum absolute atomic E-state index is 0.000914. The number of methoxy groups -OCH3 is 1. The molecule has 0 saturated carbocycles. The van der Waals surface area contributed by atoms with Gasteiger partial charge in [0.25, 0.3) is 0 Å². The molecule has 0 aromatic heterocycles. The van der Waals surface area contributed by atoms with Crippen LogP contribution in [-0.4, -0.2) is 55.8 Å². The van der Waals surface area contributed by atoms with Crippen molar-refractivity contribution in [3.63, 3.8) is 0 Å². The first-order chi connectivity index (χ1) is 22.2. The number of ketones is 1. The minimum Gasteiger partial charge on any atom is -0.467 e. The molecule has 0 spiro atoms. The Balaban J connectivity index is 2.32. The molecule has 0 radical (unpaired) electrons. The highest BCUT2D eigenvalue weighted by Gasteiger charge is 2.44. The van der Waals surface area contributed by atoms with Crippen molar-refractivity contribution in [2.75, 3.05) is 20.4 Å². The molecule has 9 heteroatoms. The van der Waals surface area contributed by atoms with Gasteiger partial charge in [-0.05, 0) is 54.9 Å². The summed E-state index contributed by atoms with van der Waals surface area (Å²) in [6.45, 7) is 18.9. The molecule has 3 aromatic rings. The van der Waals surface area contributed by atoms with Gasteiger partial charge < -0.3 is 14.2 Å². The van der Waals surface area contributed by atoms with E-state index in [0.29, 0.717) is 5.75 Å². The number of esters is 1. The Morgan fingerprint density at radius 3 is 1.60 bits per heavy atom. The monoisotopic (exact) mass is 679 g/mol. The highest BCUT2D eigenvalue weighted by atomic mass is 32.2. The van der Waals surface area contributed by atoms with E-state index in [4.69, 9.17) is 14.2 Å². The van der Waals surface area contributed by atoms with Gasteiger partial charge in [-0.15, -0.1) is 0 Å². The Labute approximate surface area is 287 Å². The van der Waals surface area contributed by atoms with Gasteiger partial charge in [0.1, 0.15) is 16.6 Å².